The average molecular weight is 302 g/mol. The molecule has 0 bridgehead atoms. The second kappa shape index (κ2) is 5.32. The predicted octanol–water partition coefficient (Wildman–Crippen LogP) is 3.93. The van der Waals surface area contributed by atoms with E-state index in [0.29, 0.717) is 17.0 Å². The second-order valence-electron chi connectivity index (χ2n) is 4.37. The van der Waals surface area contributed by atoms with E-state index in [2.05, 4.69) is 0 Å². The number of carbonyl (C=O) groups is 1. The third-order valence-corrected chi connectivity index (χ3v) is 3.35. The Balaban J connectivity index is 2.68. The number of aromatic nitrogens is 1. The van der Waals surface area contributed by atoms with Gasteiger partial charge in [0.05, 0.1) is 11.6 Å². The summed E-state index contributed by atoms with van der Waals surface area (Å²) in [6, 6.07) is 3.51. The van der Waals surface area contributed by atoms with Gasteiger partial charge in [0.1, 0.15) is 0 Å². The Hall–Kier alpha value is -1.75. The molecule has 0 spiro atoms. The minimum atomic E-state index is -1.54. The molecule has 0 aliphatic rings. The standard InChI is InChI=1S/C14H11ClF3NO/c1-7-5-9(12(20)6-15)8(2)19(7)11-4-3-10(16)13(17)14(11)18/h3-5H,6H2,1-2H3. The maximum Gasteiger partial charge on any atom is 0.196 e. The minimum absolute atomic E-state index is 0.146. The molecule has 0 amide bonds. The van der Waals surface area contributed by atoms with Crippen LogP contribution in [-0.4, -0.2) is 16.2 Å². The molecule has 20 heavy (non-hydrogen) atoms. The molecule has 0 N–H and O–H groups in total. The molecule has 0 radical (unpaired) electrons. The Morgan fingerprint density at radius 1 is 1.20 bits per heavy atom. The van der Waals surface area contributed by atoms with E-state index in [0.717, 1.165) is 12.1 Å². The number of hydrogen-bond donors (Lipinski definition) is 0. The van der Waals surface area contributed by atoms with E-state index < -0.39 is 17.5 Å². The van der Waals surface area contributed by atoms with Crippen LogP contribution in [0.3, 0.4) is 0 Å². The molecule has 0 atom stereocenters. The molecular weight excluding hydrogens is 291 g/mol. The molecule has 1 heterocycles. The molecule has 106 valence electrons. The fraction of sp³-hybridized carbons (Fsp3) is 0.214. The highest BCUT2D eigenvalue weighted by Crippen LogP contribution is 2.25. The number of Topliss-reactive ketones (excluding diaryl/α,β-unsaturated/α-hetero) is 1. The van der Waals surface area contributed by atoms with Crippen LogP contribution in [0.25, 0.3) is 5.69 Å². The first-order chi connectivity index (χ1) is 9.38. The van der Waals surface area contributed by atoms with Crippen molar-refractivity contribution in [3.63, 3.8) is 0 Å². The van der Waals surface area contributed by atoms with Gasteiger partial charge in [0.25, 0.3) is 0 Å². The molecule has 6 heteroatoms. The molecule has 0 fully saturated rings. The zero-order valence-electron chi connectivity index (χ0n) is 10.8. The molecule has 2 rings (SSSR count). The Morgan fingerprint density at radius 3 is 2.45 bits per heavy atom. The summed E-state index contributed by atoms with van der Waals surface area (Å²) in [6.07, 6.45) is 0. The summed E-state index contributed by atoms with van der Waals surface area (Å²) >= 11 is 5.50. The fourth-order valence-corrected chi connectivity index (χ4v) is 2.32. The van der Waals surface area contributed by atoms with Crippen LogP contribution in [0.4, 0.5) is 13.2 Å². The summed E-state index contributed by atoms with van der Waals surface area (Å²) in [4.78, 5) is 11.7. The van der Waals surface area contributed by atoms with Crippen LogP contribution in [-0.2, 0) is 0 Å². The molecule has 2 nitrogen and oxygen atoms in total. The molecule has 0 saturated heterocycles. The van der Waals surface area contributed by atoms with Gasteiger partial charge in [0.15, 0.2) is 23.2 Å². The zero-order chi connectivity index (χ0) is 15.0. The van der Waals surface area contributed by atoms with Crippen LogP contribution < -0.4 is 0 Å². The third kappa shape index (κ3) is 2.22. The number of halogens is 4. The van der Waals surface area contributed by atoms with Gasteiger partial charge in [-0.1, -0.05) is 0 Å². The summed E-state index contributed by atoms with van der Waals surface area (Å²) in [5.41, 5.74) is 1.15. The van der Waals surface area contributed by atoms with Crippen molar-refractivity contribution in [1.82, 2.24) is 4.57 Å². The van der Waals surface area contributed by atoms with Crippen molar-refractivity contribution in [3.8, 4) is 5.69 Å². The van der Waals surface area contributed by atoms with Crippen molar-refractivity contribution in [2.75, 3.05) is 5.88 Å². The summed E-state index contributed by atoms with van der Waals surface area (Å²) in [5.74, 6) is -4.61. The zero-order valence-corrected chi connectivity index (χ0v) is 11.6. The average Bonchev–Trinajstić information content (AvgIpc) is 2.72. The molecule has 0 saturated carbocycles. The van der Waals surface area contributed by atoms with Crippen molar-refractivity contribution < 1.29 is 18.0 Å². The quantitative estimate of drug-likeness (QED) is 0.478. The monoisotopic (exact) mass is 301 g/mol. The van der Waals surface area contributed by atoms with E-state index in [1.807, 2.05) is 0 Å². The summed E-state index contributed by atoms with van der Waals surface area (Å²) in [5, 5.41) is 0. The number of aryl methyl sites for hydroxylation is 1. The van der Waals surface area contributed by atoms with E-state index in [1.54, 1.807) is 19.9 Å². The molecular formula is C14H11ClF3NO. The molecule has 0 aliphatic heterocycles. The highest BCUT2D eigenvalue weighted by atomic mass is 35.5. The number of benzene rings is 1. The first-order valence-electron chi connectivity index (χ1n) is 5.80. The highest BCUT2D eigenvalue weighted by Gasteiger charge is 2.20. The Labute approximate surface area is 118 Å². The summed E-state index contributed by atoms with van der Waals surface area (Å²) < 4.78 is 41.5. The maximum atomic E-state index is 13.9. The van der Waals surface area contributed by atoms with Gasteiger partial charge < -0.3 is 4.57 Å². The lowest BCUT2D eigenvalue weighted by Crippen LogP contribution is -2.07. The van der Waals surface area contributed by atoms with Gasteiger partial charge in [-0.3, -0.25) is 4.79 Å². The van der Waals surface area contributed by atoms with Crippen molar-refractivity contribution in [3.05, 3.63) is 52.6 Å². The van der Waals surface area contributed by atoms with Crippen LogP contribution in [0.1, 0.15) is 21.7 Å². The summed E-state index contributed by atoms with van der Waals surface area (Å²) in [6.45, 7) is 3.23. The van der Waals surface area contributed by atoms with Crippen LogP contribution >= 0.6 is 11.6 Å². The Morgan fingerprint density at radius 2 is 1.85 bits per heavy atom. The number of nitrogens with zero attached hydrogens (tertiary/aromatic N) is 1. The van der Waals surface area contributed by atoms with Crippen molar-refractivity contribution >= 4 is 17.4 Å². The molecule has 2 aromatic rings. The van der Waals surface area contributed by atoms with E-state index in [9.17, 15) is 18.0 Å². The van der Waals surface area contributed by atoms with E-state index in [1.165, 1.54) is 4.57 Å². The first kappa shape index (κ1) is 14.7. The normalized spacial score (nSPS) is 10.9. The smallest absolute Gasteiger partial charge is 0.196 e. The van der Waals surface area contributed by atoms with Crippen LogP contribution in [0.2, 0.25) is 0 Å². The SMILES string of the molecule is Cc1cc(C(=O)CCl)c(C)n1-c1ccc(F)c(F)c1F. The van der Waals surface area contributed by atoms with E-state index in [4.69, 9.17) is 11.6 Å². The lowest BCUT2D eigenvalue weighted by Gasteiger charge is -2.11. The van der Waals surface area contributed by atoms with Crippen molar-refractivity contribution in [2.45, 2.75) is 13.8 Å². The molecule has 1 aromatic heterocycles. The number of hydrogen-bond acceptors (Lipinski definition) is 1. The molecule has 0 aliphatic carbocycles. The van der Waals surface area contributed by atoms with Crippen molar-refractivity contribution in [2.24, 2.45) is 0 Å². The minimum Gasteiger partial charge on any atom is -0.315 e. The number of carbonyl (C=O) groups excluding carboxylic acids is 1. The second-order valence-corrected chi connectivity index (χ2v) is 4.64. The van der Waals surface area contributed by atoms with Gasteiger partial charge in [-0.15, -0.1) is 11.6 Å². The first-order valence-corrected chi connectivity index (χ1v) is 6.34. The van der Waals surface area contributed by atoms with Crippen LogP contribution in [0.5, 0.6) is 0 Å². The van der Waals surface area contributed by atoms with Crippen LogP contribution in [0.15, 0.2) is 18.2 Å². The van der Waals surface area contributed by atoms with Gasteiger partial charge in [-0.25, -0.2) is 13.2 Å². The van der Waals surface area contributed by atoms with E-state index >= 15 is 0 Å². The number of rotatable bonds is 3. The van der Waals surface area contributed by atoms with Gasteiger partial charge in [0, 0.05) is 17.0 Å². The maximum absolute atomic E-state index is 13.9. The third-order valence-electron chi connectivity index (χ3n) is 3.11. The topological polar surface area (TPSA) is 22.0 Å². The predicted molar refractivity (Wildman–Crippen MR) is 70.2 cm³/mol. The van der Waals surface area contributed by atoms with Gasteiger partial charge >= 0.3 is 0 Å². The van der Waals surface area contributed by atoms with E-state index in [-0.39, 0.29) is 17.4 Å². The molecule has 0 unspecified atom stereocenters. The lowest BCUT2D eigenvalue weighted by molar-refractivity contribution is 0.102. The highest BCUT2D eigenvalue weighted by molar-refractivity contribution is 6.30. The van der Waals surface area contributed by atoms with Gasteiger partial charge in [-0.05, 0) is 32.0 Å². The van der Waals surface area contributed by atoms with Gasteiger partial charge in [0.2, 0.25) is 0 Å². The fourth-order valence-electron chi connectivity index (χ4n) is 2.18. The van der Waals surface area contributed by atoms with Gasteiger partial charge in [-0.2, -0.15) is 0 Å². The Kier molecular flexibility index (Phi) is 3.90. The number of ketones is 1. The van der Waals surface area contributed by atoms with Crippen molar-refractivity contribution in [1.29, 1.82) is 0 Å². The Bertz CT molecular complexity index is 694. The number of alkyl halides is 1. The molecule has 1 aromatic carbocycles. The largest absolute Gasteiger partial charge is 0.315 e. The summed E-state index contributed by atoms with van der Waals surface area (Å²) in [7, 11) is 0. The lowest BCUT2D eigenvalue weighted by atomic mass is 10.2. The van der Waals surface area contributed by atoms with Crippen LogP contribution in [0, 0.1) is 31.3 Å².